The standard InChI is InChI=1S/C8H15FO2.C2H2F4.2CH2F2/c1-4-8(2,3)7(10)11-6-5-9;3-1-2(4,5)6;2*2-1-3/h4-6H2,1-3H3;1H2;2*1H2. The van der Waals surface area contributed by atoms with E-state index in [0.29, 0.717) is 6.42 Å². The van der Waals surface area contributed by atoms with E-state index in [-0.39, 0.29) is 12.6 Å². The highest BCUT2D eigenvalue weighted by molar-refractivity contribution is 5.75. The summed E-state index contributed by atoms with van der Waals surface area (Å²) in [4.78, 5) is 11.1. The van der Waals surface area contributed by atoms with Crippen LogP contribution in [0.3, 0.4) is 0 Å². The third-order valence-electron chi connectivity index (χ3n) is 1.90. The number of alkyl halides is 9. The van der Waals surface area contributed by atoms with Crippen molar-refractivity contribution in [3.8, 4) is 0 Å². The van der Waals surface area contributed by atoms with Crippen molar-refractivity contribution in [2.45, 2.75) is 33.4 Å². The first kappa shape index (κ1) is 29.8. The Kier molecular flexibility index (Phi) is 24.5. The van der Waals surface area contributed by atoms with E-state index in [1.807, 2.05) is 6.92 Å². The number of esters is 1. The lowest BCUT2D eigenvalue weighted by Gasteiger charge is -2.19. The van der Waals surface area contributed by atoms with Gasteiger partial charge in [-0.15, -0.1) is 0 Å². The Bertz CT molecular complexity index is 243. The molecular formula is C12H21F9O2. The summed E-state index contributed by atoms with van der Waals surface area (Å²) in [5, 5.41) is 0. The van der Waals surface area contributed by atoms with Gasteiger partial charge in [-0.25, -0.2) is 26.3 Å². The molecule has 11 heteroatoms. The molecule has 0 aliphatic heterocycles. The molecule has 0 saturated heterocycles. The van der Waals surface area contributed by atoms with Gasteiger partial charge >= 0.3 is 12.1 Å². The van der Waals surface area contributed by atoms with E-state index in [2.05, 4.69) is 4.74 Å². The fourth-order valence-corrected chi connectivity index (χ4v) is 0.471. The molecule has 0 heterocycles. The smallest absolute Gasteiger partial charge is 0.416 e. The third kappa shape index (κ3) is 33.6. The van der Waals surface area contributed by atoms with Crippen molar-refractivity contribution in [1.82, 2.24) is 0 Å². The van der Waals surface area contributed by atoms with Crippen LogP contribution in [-0.2, 0) is 9.53 Å². The molecule has 0 aliphatic carbocycles. The molecule has 0 fully saturated rings. The second kappa shape index (κ2) is 18.9. The van der Waals surface area contributed by atoms with Crippen LogP contribution < -0.4 is 0 Å². The lowest BCUT2D eigenvalue weighted by atomic mass is 9.91. The van der Waals surface area contributed by atoms with Gasteiger partial charge in [-0.05, 0) is 20.3 Å². The topological polar surface area (TPSA) is 26.3 Å². The second-order valence-corrected chi connectivity index (χ2v) is 4.01. The molecule has 0 spiro atoms. The van der Waals surface area contributed by atoms with Gasteiger partial charge in [-0.1, -0.05) is 6.92 Å². The maximum absolute atomic E-state index is 11.6. The molecule has 0 radical (unpaired) electrons. The van der Waals surface area contributed by atoms with Crippen LogP contribution in [0.25, 0.3) is 0 Å². The summed E-state index contributed by atoms with van der Waals surface area (Å²) in [5.74, 6) is -0.322. The van der Waals surface area contributed by atoms with Gasteiger partial charge in [0.25, 0.3) is 0 Å². The van der Waals surface area contributed by atoms with Crippen molar-refractivity contribution in [2.24, 2.45) is 5.41 Å². The van der Waals surface area contributed by atoms with Crippen molar-refractivity contribution in [3.05, 3.63) is 0 Å². The van der Waals surface area contributed by atoms with Crippen LogP contribution in [-0.4, -0.2) is 46.0 Å². The van der Waals surface area contributed by atoms with Crippen LogP contribution in [0.5, 0.6) is 0 Å². The monoisotopic (exact) mass is 368 g/mol. The van der Waals surface area contributed by atoms with E-state index in [9.17, 15) is 44.3 Å². The fraction of sp³-hybridized carbons (Fsp3) is 0.917. The van der Waals surface area contributed by atoms with Gasteiger partial charge in [0, 0.05) is 0 Å². The van der Waals surface area contributed by atoms with Gasteiger partial charge in [0.2, 0.25) is 13.9 Å². The zero-order valence-corrected chi connectivity index (χ0v) is 13.0. The summed E-state index contributed by atoms with van der Waals surface area (Å²) in [7, 11) is 0. The highest BCUT2D eigenvalue weighted by Crippen LogP contribution is 2.21. The molecular weight excluding hydrogens is 347 g/mol. The highest BCUT2D eigenvalue weighted by Gasteiger charge is 2.27. The number of carbonyl (C=O) groups excluding carboxylic acids is 1. The summed E-state index contributed by atoms with van der Waals surface area (Å²) < 4.78 is 96.3. The van der Waals surface area contributed by atoms with E-state index in [4.69, 9.17) is 0 Å². The first-order valence-electron chi connectivity index (χ1n) is 6.03. The molecule has 0 unspecified atom stereocenters. The Labute approximate surface area is 129 Å². The quantitative estimate of drug-likeness (QED) is 0.502. The van der Waals surface area contributed by atoms with Crippen molar-refractivity contribution < 1.29 is 49.0 Å². The molecule has 0 aromatic heterocycles. The zero-order chi connectivity index (χ0) is 19.5. The molecule has 0 rings (SSSR count). The van der Waals surface area contributed by atoms with Crippen molar-refractivity contribution in [1.29, 1.82) is 0 Å². The maximum atomic E-state index is 11.6. The SMILES string of the molecule is CCC(C)(C)C(=O)OCCF.FCC(F)(F)F.FCF.FCF. The van der Waals surface area contributed by atoms with Crippen LogP contribution in [0.4, 0.5) is 39.5 Å². The van der Waals surface area contributed by atoms with Gasteiger partial charge in [0.1, 0.15) is 13.3 Å². The summed E-state index contributed by atoms with van der Waals surface area (Å²) >= 11 is 0. The normalized spacial score (nSPS) is 10.1. The summed E-state index contributed by atoms with van der Waals surface area (Å²) in [6, 6.07) is 0. The first-order valence-corrected chi connectivity index (χ1v) is 6.03. The van der Waals surface area contributed by atoms with Gasteiger partial charge < -0.3 is 4.74 Å². The fourth-order valence-electron chi connectivity index (χ4n) is 0.471. The summed E-state index contributed by atoms with van der Waals surface area (Å²) in [6.45, 7) is -0.987. The largest absolute Gasteiger partial charge is 0.462 e. The van der Waals surface area contributed by atoms with E-state index in [1.54, 1.807) is 13.8 Å². The van der Waals surface area contributed by atoms with Gasteiger partial charge in [-0.3, -0.25) is 4.79 Å². The predicted molar refractivity (Wildman–Crippen MR) is 67.2 cm³/mol. The molecule has 2 nitrogen and oxygen atoms in total. The molecule has 0 aromatic rings. The van der Waals surface area contributed by atoms with Crippen molar-refractivity contribution in [3.63, 3.8) is 0 Å². The van der Waals surface area contributed by atoms with Crippen molar-refractivity contribution in [2.75, 3.05) is 33.8 Å². The summed E-state index contributed by atoms with van der Waals surface area (Å²) in [6.07, 6.45) is -3.92. The van der Waals surface area contributed by atoms with E-state index in [0.717, 1.165) is 0 Å². The van der Waals surface area contributed by atoms with E-state index in [1.165, 1.54) is 0 Å². The molecule has 0 amide bonds. The van der Waals surface area contributed by atoms with Crippen LogP contribution in [0.15, 0.2) is 0 Å². The predicted octanol–water partition coefficient (Wildman–Crippen LogP) is 5.22. The van der Waals surface area contributed by atoms with Crippen LogP contribution in [0.1, 0.15) is 27.2 Å². The Morgan fingerprint density at radius 1 is 0.913 bits per heavy atom. The zero-order valence-electron chi connectivity index (χ0n) is 13.0. The van der Waals surface area contributed by atoms with E-state index >= 15 is 0 Å². The summed E-state index contributed by atoms with van der Waals surface area (Å²) in [5.41, 5.74) is -0.477. The maximum Gasteiger partial charge on any atom is 0.416 e. The number of halogens is 9. The van der Waals surface area contributed by atoms with E-state index < -0.39 is 38.8 Å². The first-order chi connectivity index (χ1) is 10.4. The lowest BCUT2D eigenvalue weighted by molar-refractivity contribution is -0.154. The molecule has 0 N–H and O–H groups in total. The van der Waals surface area contributed by atoms with Gasteiger partial charge in [-0.2, -0.15) is 13.2 Å². The minimum Gasteiger partial charge on any atom is -0.462 e. The van der Waals surface area contributed by atoms with Gasteiger partial charge in [0.15, 0.2) is 6.67 Å². The Morgan fingerprint density at radius 2 is 1.22 bits per heavy atom. The molecule has 0 aromatic carbocycles. The molecule has 0 saturated carbocycles. The van der Waals surface area contributed by atoms with Crippen molar-refractivity contribution >= 4 is 5.97 Å². The van der Waals surface area contributed by atoms with Gasteiger partial charge in [0.05, 0.1) is 5.41 Å². The Balaban J connectivity index is -0.000000126. The molecule has 0 aliphatic rings. The number of hydrogen-bond donors (Lipinski definition) is 0. The minimum atomic E-state index is -4.62. The molecule has 23 heavy (non-hydrogen) atoms. The second-order valence-electron chi connectivity index (χ2n) is 4.01. The number of carbonyl (C=O) groups is 1. The Hall–Kier alpha value is -1.16. The third-order valence-corrected chi connectivity index (χ3v) is 1.90. The average Bonchev–Trinajstić information content (AvgIpc) is 2.46. The number of ether oxygens (including phenoxy) is 1. The molecule has 0 atom stereocenters. The number of rotatable bonds is 4. The van der Waals surface area contributed by atoms with Crippen LogP contribution >= 0.6 is 0 Å². The number of hydrogen-bond acceptors (Lipinski definition) is 2. The molecule has 0 bridgehead atoms. The minimum absolute atomic E-state index is 0.123. The highest BCUT2D eigenvalue weighted by atomic mass is 19.4. The van der Waals surface area contributed by atoms with Crippen LogP contribution in [0, 0.1) is 5.41 Å². The molecule has 144 valence electrons. The van der Waals surface area contributed by atoms with Crippen LogP contribution in [0.2, 0.25) is 0 Å². The lowest BCUT2D eigenvalue weighted by Crippen LogP contribution is -2.26. The Morgan fingerprint density at radius 3 is 1.39 bits per heavy atom. The average molecular weight is 368 g/mol.